The van der Waals surface area contributed by atoms with Crippen LogP contribution in [0, 0.1) is 5.92 Å². The lowest BCUT2D eigenvalue weighted by molar-refractivity contribution is 0.0315. The number of aliphatic imine (C=N–C) groups is 1. The first-order valence-corrected chi connectivity index (χ1v) is 8.20. The van der Waals surface area contributed by atoms with Gasteiger partial charge in [0.15, 0.2) is 5.96 Å². The summed E-state index contributed by atoms with van der Waals surface area (Å²) in [7, 11) is 1.88. The zero-order valence-corrected chi connectivity index (χ0v) is 16.3. The van der Waals surface area contributed by atoms with Gasteiger partial charge in [-0.25, -0.2) is 0 Å². The van der Waals surface area contributed by atoms with Crippen molar-refractivity contribution in [2.45, 2.75) is 19.8 Å². The standard InChI is InChI=1S/C16H30N4O.HI/c1-3-4-5-7-18-16(17-2)20-8-6-15(14-20)13-19-9-11-21-12-10-19;/h3-4,15H,5-14H2,1-2H3,(H,17,18);1H/b4-3+;. The highest BCUT2D eigenvalue weighted by molar-refractivity contribution is 14.0. The average Bonchev–Trinajstić information content (AvgIpc) is 2.97. The number of ether oxygens (including phenoxy) is 1. The third kappa shape index (κ3) is 6.42. The van der Waals surface area contributed by atoms with E-state index in [0.717, 1.165) is 64.2 Å². The second kappa shape index (κ2) is 11.2. The van der Waals surface area contributed by atoms with Gasteiger partial charge in [0.1, 0.15) is 0 Å². The van der Waals surface area contributed by atoms with Gasteiger partial charge in [0, 0.05) is 46.3 Å². The van der Waals surface area contributed by atoms with Crippen molar-refractivity contribution in [2.24, 2.45) is 10.9 Å². The normalized spacial score (nSPS) is 23.8. The van der Waals surface area contributed by atoms with Crippen molar-refractivity contribution in [3.8, 4) is 0 Å². The van der Waals surface area contributed by atoms with Gasteiger partial charge in [0.25, 0.3) is 0 Å². The van der Waals surface area contributed by atoms with Gasteiger partial charge in [-0.1, -0.05) is 12.2 Å². The van der Waals surface area contributed by atoms with Gasteiger partial charge < -0.3 is 15.0 Å². The first kappa shape index (κ1) is 19.7. The molecule has 0 aliphatic carbocycles. The Morgan fingerprint density at radius 1 is 1.32 bits per heavy atom. The fourth-order valence-corrected chi connectivity index (χ4v) is 3.09. The molecule has 128 valence electrons. The average molecular weight is 422 g/mol. The van der Waals surface area contributed by atoms with Crippen LogP contribution in [0.1, 0.15) is 19.8 Å². The predicted octanol–water partition coefficient (Wildman–Crippen LogP) is 1.80. The van der Waals surface area contributed by atoms with Crippen LogP contribution in [-0.2, 0) is 4.74 Å². The molecule has 0 amide bonds. The molecule has 2 saturated heterocycles. The number of nitrogens with one attached hydrogen (secondary N) is 1. The number of hydrogen-bond donors (Lipinski definition) is 1. The molecule has 0 radical (unpaired) electrons. The first-order valence-electron chi connectivity index (χ1n) is 8.20. The van der Waals surface area contributed by atoms with Crippen LogP contribution in [-0.4, -0.2) is 75.3 Å². The van der Waals surface area contributed by atoms with Gasteiger partial charge in [-0.3, -0.25) is 9.89 Å². The maximum atomic E-state index is 5.42. The highest BCUT2D eigenvalue weighted by atomic mass is 127. The Balaban J connectivity index is 0.00000242. The predicted molar refractivity (Wildman–Crippen MR) is 103 cm³/mol. The van der Waals surface area contributed by atoms with Crippen LogP contribution < -0.4 is 5.32 Å². The second-order valence-corrected chi connectivity index (χ2v) is 5.85. The maximum absolute atomic E-state index is 5.42. The summed E-state index contributed by atoms with van der Waals surface area (Å²) in [5.41, 5.74) is 0. The summed E-state index contributed by atoms with van der Waals surface area (Å²) in [5.74, 6) is 1.82. The fourth-order valence-electron chi connectivity index (χ4n) is 3.09. The van der Waals surface area contributed by atoms with Crippen molar-refractivity contribution >= 4 is 29.9 Å². The van der Waals surface area contributed by atoms with E-state index < -0.39 is 0 Å². The molecule has 2 fully saturated rings. The summed E-state index contributed by atoms with van der Waals surface area (Å²) in [6, 6.07) is 0. The number of allylic oxidation sites excluding steroid dienone is 1. The summed E-state index contributed by atoms with van der Waals surface area (Å²) in [4.78, 5) is 9.37. The molecule has 0 spiro atoms. The zero-order chi connectivity index (χ0) is 14.9. The van der Waals surface area contributed by atoms with Crippen LogP contribution in [0.2, 0.25) is 0 Å². The van der Waals surface area contributed by atoms with E-state index in [2.05, 4.69) is 39.2 Å². The molecular formula is C16H31IN4O. The Hall–Kier alpha value is -0.340. The van der Waals surface area contributed by atoms with E-state index in [4.69, 9.17) is 4.74 Å². The molecule has 1 N–H and O–H groups in total. The molecule has 0 aromatic carbocycles. The van der Waals surface area contributed by atoms with Crippen molar-refractivity contribution in [1.82, 2.24) is 15.1 Å². The molecule has 2 aliphatic rings. The van der Waals surface area contributed by atoms with E-state index in [1.165, 1.54) is 13.0 Å². The minimum atomic E-state index is 0. The van der Waals surface area contributed by atoms with Gasteiger partial charge in [0.2, 0.25) is 0 Å². The summed E-state index contributed by atoms with van der Waals surface area (Å²) < 4.78 is 5.42. The Morgan fingerprint density at radius 3 is 2.77 bits per heavy atom. The van der Waals surface area contributed by atoms with Crippen LogP contribution in [0.15, 0.2) is 17.1 Å². The van der Waals surface area contributed by atoms with Crippen molar-refractivity contribution in [3.05, 3.63) is 12.2 Å². The molecule has 1 atom stereocenters. The second-order valence-electron chi connectivity index (χ2n) is 5.85. The molecule has 2 rings (SSSR count). The largest absolute Gasteiger partial charge is 0.379 e. The van der Waals surface area contributed by atoms with Gasteiger partial charge in [0.05, 0.1) is 13.2 Å². The minimum Gasteiger partial charge on any atom is -0.379 e. The summed E-state index contributed by atoms with van der Waals surface area (Å²) in [6.45, 7) is 10.4. The van der Waals surface area contributed by atoms with Crippen molar-refractivity contribution in [1.29, 1.82) is 0 Å². The van der Waals surface area contributed by atoms with Crippen LogP contribution in [0.25, 0.3) is 0 Å². The molecule has 2 aliphatic heterocycles. The third-order valence-corrected chi connectivity index (χ3v) is 4.25. The molecule has 0 aromatic rings. The van der Waals surface area contributed by atoms with Gasteiger partial charge in [-0.05, 0) is 25.7 Å². The topological polar surface area (TPSA) is 40.1 Å². The minimum absolute atomic E-state index is 0. The molecular weight excluding hydrogens is 391 g/mol. The number of morpholine rings is 1. The number of nitrogens with zero attached hydrogens (tertiary/aromatic N) is 3. The first-order chi connectivity index (χ1) is 10.3. The molecule has 22 heavy (non-hydrogen) atoms. The Labute approximate surface area is 152 Å². The van der Waals surface area contributed by atoms with Gasteiger partial charge >= 0.3 is 0 Å². The van der Waals surface area contributed by atoms with Gasteiger partial charge in [-0.2, -0.15) is 0 Å². The lowest BCUT2D eigenvalue weighted by atomic mass is 10.1. The number of rotatable bonds is 5. The van der Waals surface area contributed by atoms with E-state index in [-0.39, 0.29) is 24.0 Å². The zero-order valence-electron chi connectivity index (χ0n) is 14.0. The van der Waals surface area contributed by atoms with E-state index >= 15 is 0 Å². The molecule has 6 heteroatoms. The van der Waals surface area contributed by atoms with E-state index in [0.29, 0.717) is 0 Å². The van der Waals surface area contributed by atoms with E-state index in [9.17, 15) is 0 Å². The summed E-state index contributed by atoms with van der Waals surface area (Å²) in [6.07, 6.45) is 6.61. The molecule has 2 heterocycles. The SMILES string of the molecule is C/C=C/CCNC(=NC)N1CCC(CN2CCOCC2)C1.I. The Bertz CT molecular complexity index is 356. The van der Waals surface area contributed by atoms with Crippen molar-refractivity contribution < 1.29 is 4.74 Å². The Morgan fingerprint density at radius 2 is 2.09 bits per heavy atom. The molecule has 1 unspecified atom stereocenters. The van der Waals surface area contributed by atoms with Crippen LogP contribution in [0.5, 0.6) is 0 Å². The number of guanidine groups is 1. The van der Waals surface area contributed by atoms with E-state index in [1.54, 1.807) is 0 Å². The molecule has 0 saturated carbocycles. The summed E-state index contributed by atoms with van der Waals surface area (Å²) in [5, 5.41) is 3.46. The number of likely N-dealkylation sites (tertiary alicyclic amines) is 1. The number of hydrogen-bond acceptors (Lipinski definition) is 3. The van der Waals surface area contributed by atoms with Crippen LogP contribution in [0.4, 0.5) is 0 Å². The fraction of sp³-hybridized carbons (Fsp3) is 0.812. The highest BCUT2D eigenvalue weighted by Crippen LogP contribution is 2.18. The Kier molecular flexibility index (Phi) is 10.1. The van der Waals surface area contributed by atoms with Crippen LogP contribution in [0.3, 0.4) is 0 Å². The van der Waals surface area contributed by atoms with Gasteiger partial charge in [-0.15, -0.1) is 24.0 Å². The molecule has 0 aromatic heterocycles. The van der Waals surface area contributed by atoms with E-state index in [1.807, 2.05) is 7.05 Å². The maximum Gasteiger partial charge on any atom is 0.193 e. The van der Waals surface area contributed by atoms with Crippen molar-refractivity contribution in [2.75, 3.05) is 59.5 Å². The van der Waals surface area contributed by atoms with Crippen LogP contribution >= 0.6 is 24.0 Å². The quantitative estimate of drug-likeness (QED) is 0.241. The molecule has 5 nitrogen and oxygen atoms in total. The smallest absolute Gasteiger partial charge is 0.193 e. The number of halogens is 1. The molecule has 0 bridgehead atoms. The lowest BCUT2D eigenvalue weighted by Crippen LogP contribution is -2.42. The lowest BCUT2D eigenvalue weighted by Gasteiger charge is -2.29. The third-order valence-electron chi connectivity index (χ3n) is 4.25. The highest BCUT2D eigenvalue weighted by Gasteiger charge is 2.26. The summed E-state index contributed by atoms with van der Waals surface area (Å²) >= 11 is 0. The monoisotopic (exact) mass is 422 g/mol. The van der Waals surface area contributed by atoms with Crippen molar-refractivity contribution in [3.63, 3.8) is 0 Å².